The minimum Gasteiger partial charge on any atom is -0.314 e. The number of hydrogen-bond donors (Lipinski definition) is 2. The standard InChI is InChI=1S/C7H16N2/c1-6(2)7-5-8-3-4-9-7/h6-9H,3-5H2,1-2H3/t7-/m0/s1. The molecule has 54 valence electrons. The second kappa shape index (κ2) is 3.18. The first kappa shape index (κ1) is 7.03. The quantitative estimate of drug-likeness (QED) is 0.527. The van der Waals surface area contributed by atoms with Crippen molar-refractivity contribution < 1.29 is 0 Å². The second-order valence-electron chi connectivity index (χ2n) is 3.01. The van der Waals surface area contributed by atoms with Crippen molar-refractivity contribution in [2.24, 2.45) is 5.92 Å². The molecule has 0 aromatic rings. The summed E-state index contributed by atoms with van der Waals surface area (Å²) in [6, 6.07) is 0.693. The van der Waals surface area contributed by atoms with Crippen molar-refractivity contribution >= 4 is 0 Å². The van der Waals surface area contributed by atoms with Crippen molar-refractivity contribution in [3.05, 3.63) is 0 Å². The normalized spacial score (nSPS) is 29.0. The van der Waals surface area contributed by atoms with E-state index < -0.39 is 0 Å². The third-order valence-electron chi connectivity index (χ3n) is 1.88. The van der Waals surface area contributed by atoms with Gasteiger partial charge in [-0.1, -0.05) is 13.8 Å². The summed E-state index contributed by atoms with van der Waals surface area (Å²) >= 11 is 0. The van der Waals surface area contributed by atoms with Crippen molar-refractivity contribution in [2.75, 3.05) is 19.6 Å². The molecule has 2 heteroatoms. The maximum absolute atomic E-state index is 3.46. The fourth-order valence-corrected chi connectivity index (χ4v) is 1.15. The van der Waals surface area contributed by atoms with Crippen LogP contribution in [0.3, 0.4) is 0 Å². The Bertz CT molecular complexity index is 75.0. The Kier molecular flexibility index (Phi) is 2.49. The van der Waals surface area contributed by atoms with Gasteiger partial charge in [-0.2, -0.15) is 0 Å². The Morgan fingerprint density at radius 2 is 2.11 bits per heavy atom. The van der Waals surface area contributed by atoms with Gasteiger partial charge in [0.2, 0.25) is 0 Å². The van der Waals surface area contributed by atoms with Gasteiger partial charge in [-0.15, -0.1) is 0 Å². The van der Waals surface area contributed by atoms with Gasteiger partial charge in [-0.3, -0.25) is 0 Å². The molecule has 2 nitrogen and oxygen atoms in total. The maximum Gasteiger partial charge on any atom is 0.0215 e. The molecule has 0 saturated carbocycles. The van der Waals surface area contributed by atoms with Crippen LogP contribution in [0.2, 0.25) is 0 Å². The van der Waals surface area contributed by atoms with Crippen LogP contribution in [-0.4, -0.2) is 25.7 Å². The average Bonchev–Trinajstić information content (AvgIpc) is 1.90. The lowest BCUT2D eigenvalue weighted by molar-refractivity contribution is 0.342. The molecule has 1 saturated heterocycles. The smallest absolute Gasteiger partial charge is 0.0215 e. The van der Waals surface area contributed by atoms with E-state index in [9.17, 15) is 0 Å². The summed E-state index contributed by atoms with van der Waals surface area (Å²) in [5.74, 6) is 0.762. The highest BCUT2D eigenvalue weighted by Crippen LogP contribution is 2.00. The molecule has 1 atom stereocenters. The van der Waals surface area contributed by atoms with E-state index in [0.29, 0.717) is 6.04 Å². The Balaban J connectivity index is 2.23. The van der Waals surface area contributed by atoms with Crippen LogP contribution in [0.5, 0.6) is 0 Å². The number of rotatable bonds is 1. The van der Waals surface area contributed by atoms with Gasteiger partial charge in [0.1, 0.15) is 0 Å². The van der Waals surface area contributed by atoms with E-state index in [0.717, 1.165) is 25.6 Å². The fourth-order valence-electron chi connectivity index (χ4n) is 1.15. The second-order valence-corrected chi connectivity index (χ2v) is 3.01. The zero-order valence-corrected chi connectivity index (χ0v) is 6.28. The van der Waals surface area contributed by atoms with Gasteiger partial charge in [0.15, 0.2) is 0 Å². The molecule has 1 rings (SSSR count). The molecule has 0 amide bonds. The number of nitrogens with one attached hydrogen (secondary N) is 2. The first-order valence-electron chi connectivity index (χ1n) is 3.75. The van der Waals surface area contributed by atoms with Crippen molar-refractivity contribution in [1.29, 1.82) is 0 Å². The first-order chi connectivity index (χ1) is 4.30. The zero-order valence-electron chi connectivity index (χ0n) is 6.28. The Hall–Kier alpha value is -0.0800. The molecule has 0 aromatic carbocycles. The summed E-state index contributed by atoms with van der Waals surface area (Å²) in [5, 5.41) is 6.81. The summed E-state index contributed by atoms with van der Waals surface area (Å²) in [6.07, 6.45) is 0. The van der Waals surface area contributed by atoms with E-state index in [1.807, 2.05) is 0 Å². The van der Waals surface area contributed by atoms with E-state index in [4.69, 9.17) is 0 Å². The number of piperazine rings is 1. The van der Waals surface area contributed by atoms with Crippen LogP contribution in [0.15, 0.2) is 0 Å². The molecule has 1 aliphatic rings. The van der Waals surface area contributed by atoms with E-state index >= 15 is 0 Å². The molecule has 0 unspecified atom stereocenters. The highest BCUT2D eigenvalue weighted by Gasteiger charge is 2.14. The molecule has 2 N–H and O–H groups in total. The minimum atomic E-state index is 0.693. The predicted octanol–water partition coefficient (Wildman–Crippen LogP) is 0.204. The van der Waals surface area contributed by atoms with Crippen LogP contribution in [0.4, 0.5) is 0 Å². The third-order valence-corrected chi connectivity index (χ3v) is 1.88. The van der Waals surface area contributed by atoms with Crippen LogP contribution in [0.1, 0.15) is 13.8 Å². The van der Waals surface area contributed by atoms with Crippen LogP contribution < -0.4 is 10.6 Å². The summed E-state index contributed by atoms with van der Waals surface area (Å²) in [4.78, 5) is 0. The zero-order chi connectivity index (χ0) is 6.69. The Morgan fingerprint density at radius 3 is 2.44 bits per heavy atom. The first-order valence-corrected chi connectivity index (χ1v) is 3.75. The van der Waals surface area contributed by atoms with Gasteiger partial charge in [0.05, 0.1) is 0 Å². The van der Waals surface area contributed by atoms with Crippen LogP contribution >= 0.6 is 0 Å². The highest BCUT2D eigenvalue weighted by atomic mass is 15.1. The van der Waals surface area contributed by atoms with Gasteiger partial charge < -0.3 is 10.6 Å². The van der Waals surface area contributed by atoms with Crippen LogP contribution in [-0.2, 0) is 0 Å². The molecule has 1 aliphatic heterocycles. The van der Waals surface area contributed by atoms with Crippen molar-refractivity contribution in [1.82, 2.24) is 10.6 Å². The van der Waals surface area contributed by atoms with Crippen molar-refractivity contribution in [3.8, 4) is 0 Å². The maximum atomic E-state index is 3.46. The van der Waals surface area contributed by atoms with E-state index in [-0.39, 0.29) is 0 Å². The van der Waals surface area contributed by atoms with E-state index in [1.165, 1.54) is 0 Å². The Labute approximate surface area is 57.0 Å². The lowest BCUT2D eigenvalue weighted by atomic mass is 10.0. The lowest BCUT2D eigenvalue weighted by Crippen LogP contribution is -2.50. The lowest BCUT2D eigenvalue weighted by Gasteiger charge is -2.27. The SMILES string of the molecule is CC(C)[C@@H]1CNCCN1. The molecule has 1 heterocycles. The summed E-state index contributed by atoms with van der Waals surface area (Å²) < 4.78 is 0. The van der Waals surface area contributed by atoms with E-state index in [2.05, 4.69) is 24.5 Å². The van der Waals surface area contributed by atoms with Crippen LogP contribution in [0, 0.1) is 5.92 Å². The van der Waals surface area contributed by atoms with Gasteiger partial charge in [-0.25, -0.2) is 0 Å². The monoisotopic (exact) mass is 128 g/mol. The molecule has 0 bridgehead atoms. The summed E-state index contributed by atoms with van der Waals surface area (Å²) in [7, 11) is 0. The number of hydrogen-bond acceptors (Lipinski definition) is 2. The summed E-state index contributed by atoms with van der Waals surface area (Å²) in [6.45, 7) is 7.90. The largest absolute Gasteiger partial charge is 0.314 e. The van der Waals surface area contributed by atoms with Gasteiger partial charge in [0, 0.05) is 25.7 Å². The average molecular weight is 128 g/mol. The van der Waals surface area contributed by atoms with Gasteiger partial charge in [-0.05, 0) is 5.92 Å². The highest BCUT2D eigenvalue weighted by molar-refractivity contribution is 4.77. The van der Waals surface area contributed by atoms with Crippen molar-refractivity contribution in [3.63, 3.8) is 0 Å². The molecule has 0 aliphatic carbocycles. The fraction of sp³-hybridized carbons (Fsp3) is 1.00. The van der Waals surface area contributed by atoms with Gasteiger partial charge >= 0.3 is 0 Å². The van der Waals surface area contributed by atoms with Crippen LogP contribution in [0.25, 0.3) is 0 Å². The predicted molar refractivity (Wildman–Crippen MR) is 39.5 cm³/mol. The van der Waals surface area contributed by atoms with Crippen molar-refractivity contribution in [2.45, 2.75) is 19.9 Å². The van der Waals surface area contributed by atoms with E-state index in [1.54, 1.807) is 0 Å². The molecule has 0 spiro atoms. The Morgan fingerprint density at radius 1 is 1.33 bits per heavy atom. The molecule has 0 aromatic heterocycles. The molecule has 9 heavy (non-hydrogen) atoms. The third kappa shape index (κ3) is 1.95. The molecule has 1 fully saturated rings. The minimum absolute atomic E-state index is 0.693. The molecular formula is C7H16N2. The molecular weight excluding hydrogens is 112 g/mol. The topological polar surface area (TPSA) is 24.1 Å². The van der Waals surface area contributed by atoms with Gasteiger partial charge in [0.25, 0.3) is 0 Å². The summed E-state index contributed by atoms with van der Waals surface area (Å²) in [5.41, 5.74) is 0. The molecule has 0 radical (unpaired) electrons.